The molecule has 0 fully saturated rings. The summed E-state index contributed by atoms with van der Waals surface area (Å²) >= 11 is 2.72. The van der Waals surface area contributed by atoms with Gasteiger partial charge >= 0.3 is 5.97 Å². The average Bonchev–Trinajstić information content (AvgIpc) is 1.88. The van der Waals surface area contributed by atoms with Crippen molar-refractivity contribution < 1.29 is 19.9 Å². The van der Waals surface area contributed by atoms with Gasteiger partial charge in [0.15, 0.2) is 0 Å². The predicted molar refractivity (Wildman–Crippen MR) is 35.7 cm³/mol. The molecule has 5 nitrogen and oxygen atoms in total. The third-order valence-corrected chi connectivity index (χ3v) is 1.20. The number of alkyl halides is 1. The van der Waals surface area contributed by atoms with E-state index in [1.165, 1.54) is 0 Å². The smallest absolute Gasteiger partial charge is 0.361 e. The molecule has 0 bridgehead atoms. The van der Waals surface area contributed by atoms with Crippen LogP contribution in [0.25, 0.3) is 0 Å². The minimum absolute atomic E-state index is 0.168. The second-order valence-electron chi connectivity index (χ2n) is 1.31. The number of rotatable bonds is 3. The van der Waals surface area contributed by atoms with Gasteiger partial charge in [-0.2, -0.15) is 0 Å². The maximum absolute atomic E-state index is 10.5. The van der Waals surface area contributed by atoms with Crippen molar-refractivity contribution in [1.82, 2.24) is 0 Å². The van der Waals surface area contributed by atoms with E-state index in [2.05, 4.69) is 21.1 Å². The molecule has 0 aliphatic carbocycles. The van der Waals surface area contributed by atoms with Crippen LogP contribution in [-0.4, -0.2) is 33.1 Å². The maximum atomic E-state index is 10.5. The molecule has 0 amide bonds. The van der Waals surface area contributed by atoms with Crippen LogP contribution in [0.1, 0.15) is 0 Å². The van der Waals surface area contributed by atoms with Crippen molar-refractivity contribution in [2.24, 2.45) is 5.16 Å². The van der Waals surface area contributed by atoms with Gasteiger partial charge in [0.1, 0.15) is 0 Å². The van der Waals surface area contributed by atoms with E-state index >= 15 is 0 Å². The van der Waals surface area contributed by atoms with Crippen molar-refractivity contribution in [3.05, 3.63) is 0 Å². The number of carbonyl (C=O) groups excluding carboxylic acids is 1. The molecule has 0 aromatic heterocycles. The molecule has 0 aliphatic heterocycles. The highest BCUT2D eigenvalue weighted by molar-refractivity contribution is 9.09. The quantitative estimate of drug-likeness (QED) is 0.223. The van der Waals surface area contributed by atoms with Gasteiger partial charge in [0, 0.05) is 0 Å². The summed E-state index contributed by atoms with van der Waals surface area (Å²) in [4.78, 5) is 20.5. The van der Waals surface area contributed by atoms with Crippen molar-refractivity contribution in [2.45, 2.75) is 0 Å². The Hall–Kier alpha value is -0.910. The summed E-state index contributed by atoms with van der Waals surface area (Å²) < 4.78 is 0. The number of aliphatic carboxylic acids is 1. The van der Waals surface area contributed by atoms with E-state index < -0.39 is 17.5 Å². The molecule has 0 saturated heterocycles. The standard InChI is InChI=1S/C4H4BrNO4/c5-1-2(7)3(6-10)4(8)9/h10H,1H2,(H,8,9). The summed E-state index contributed by atoms with van der Waals surface area (Å²) in [5.41, 5.74) is -0.864. The lowest BCUT2D eigenvalue weighted by molar-refractivity contribution is -0.130. The van der Waals surface area contributed by atoms with Gasteiger partial charge in [-0.1, -0.05) is 21.1 Å². The zero-order chi connectivity index (χ0) is 8.15. The lowest BCUT2D eigenvalue weighted by Gasteiger charge is -1.90. The van der Waals surface area contributed by atoms with E-state index in [4.69, 9.17) is 10.3 Å². The fourth-order valence-corrected chi connectivity index (χ4v) is 0.547. The number of halogens is 1. The number of carbonyl (C=O) groups is 2. The molecule has 10 heavy (non-hydrogen) atoms. The fourth-order valence-electron chi connectivity index (χ4n) is 0.281. The highest BCUT2D eigenvalue weighted by atomic mass is 79.9. The van der Waals surface area contributed by atoms with Crippen LogP contribution in [0, 0.1) is 0 Å². The molecule has 0 atom stereocenters. The summed E-state index contributed by atoms with van der Waals surface area (Å²) in [6, 6.07) is 0. The zero-order valence-corrected chi connectivity index (χ0v) is 6.33. The molecule has 0 aliphatic rings. The molecule has 0 aromatic rings. The molecule has 0 heterocycles. The first-order chi connectivity index (χ1) is 4.63. The molecule has 2 N–H and O–H groups in total. The Balaban J connectivity index is 4.39. The topological polar surface area (TPSA) is 87.0 Å². The molecule has 0 spiro atoms. The maximum Gasteiger partial charge on any atom is 0.361 e. The number of nitrogens with zero attached hydrogens (tertiary/aromatic N) is 1. The lowest BCUT2D eigenvalue weighted by atomic mass is 10.3. The molecular weight excluding hydrogens is 206 g/mol. The highest BCUT2D eigenvalue weighted by Gasteiger charge is 2.18. The molecule has 6 heteroatoms. The molecule has 0 radical (unpaired) electrons. The van der Waals surface area contributed by atoms with Crippen molar-refractivity contribution >= 4 is 33.4 Å². The number of Topliss-reactive ketones (excluding diaryl/α,β-unsaturated/α-hetero) is 1. The highest BCUT2D eigenvalue weighted by Crippen LogP contribution is 1.87. The molecule has 0 saturated carbocycles. The van der Waals surface area contributed by atoms with Crippen LogP contribution in [0.5, 0.6) is 0 Å². The Labute approximate surface area is 64.5 Å². The fraction of sp³-hybridized carbons (Fsp3) is 0.250. The first kappa shape index (κ1) is 9.09. The Morgan fingerprint density at radius 1 is 1.50 bits per heavy atom. The number of oxime groups is 1. The van der Waals surface area contributed by atoms with Gasteiger partial charge in [0.05, 0.1) is 5.33 Å². The summed E-state index contributed by atoms with van der Waals surface area (Å²) in [6.45, 7) is 0. The van der Waals surface area contributed by atoms with Crippen LogP contribution in [0.15, 0.2) is 5.16 Å². The van der Waals surface area contributed by atoms with Crippen LogP contribution in [0.4, 0.5) is 0 Å². The molecule has 0 aromatic carbocycles. The van der Waals surface area contributed by atoms with E-state index in [1.807, 2.05) is 0 Å². The van der Waals surface area contributed by atoms with Gasteiger partial charge in [0.25, 0.3) is 0 Å². The number of carboxylic acids is 1. The summed E-state index contributed by atoms with van der Waals surface area (Å²) in [6.07, 6.45) is 0. The largest absolute Gasteiger partial charge is 0.476 e. The van der Waals surface area contributed by atoms with Crippen molar-refractivity contribution in [1.29, 1.82) is 0 Å². The van der Waals surface area contributed by atoms with Gasteiger partial charge in [0.2, 0.25) is 11.5 Å². The van der Waals surface area contributed by atoms with Crippen LogP contribution in [0.3, 0.4) is 0 Å². The van der Waals surface area contributed by atoms with Gasteiger partial charge < -0.3 is 10.3 Å². The molecule has 56 valence electrons. The number of hydrogen-bond acceptors (Lipinski definition) is 4. The van der Waals surface area contributed by atoms with Crippen LogP contribution < -0.4 is 0 Å². The van der Waals surface area contributed by atoms with E-state index in [9.17, 15) is 9.59 Å². The Bertz CT molecular complexity index is 188. The van der Waals surface area contributed by atoms with E-state index in [0.717, 1.165) is 0 Å². The minimum atomic E-state index is -1.54. The Morgan fingerprint density at radius 3 is 2.10 bits per heavy atom. The van der Waals surface area contributed by atoms with Crippen LogP contribution in [-0.2, 0) is 9.59 Å². The Morgan fingerprint density at radius 2 is 2.00 bits per heavy atom. The second kappa shape index (κ2) is 3.99. The van der Waals surface area contributed by atoms with E-state index in [0.29, 0.717) is 0 Å². The summed E-state index contributed by atoms with van der Waals surface area (Å²) in [5, 5.41) is 18.2. The van der Waals surface area contributed by atoms with Crippen LogP contribution >= 0.6 is 15.9 Å². The van der Waals surface area contributed by atoms with Crippen molar-refractivity contribution in [3.63, 3.8) is 0 Å². The Kier molecular flexibility index (Phi) is 3.63. The predicted octanol–water partition coefficient (Wildman–Crippen LogP) is -0.135. The van der Waals surface area contributed by atoms with Crippen LogP contribution in [0.2, 0.25) is 0 Å². The molecule has 0 unspecified atom stereocenters. The first-order valence-electron chi connectivity index (χ1n) is 2.18. The van der Waals surface area contributed by atoms with Crippen molar-refractivity contribution in [3.8, 4) is 0 Å². The monoisotopic (exact) mass is 209 g/mol. The summed E-state index contributed by atoms with van der Waals surface area (Å²) in [7, 11) is 0. The number of hydrogen-bond donors (Lipinski definition) is 2. The number of ketones is 1. The normalized spacial score (nSPS) is 11.1. The van der Waals surface area contributed by atoms with Gasteiger partial charge in [-0.3, -0.25) is 4.79 Å². The number of carboxylic acid groups (broad SMARTS) is 1. The lowest BCUT2D eigenvalue weighted by Crippen LogP contribution is -2.24. The van der Waals surface area contributed by atoms with E-state index in [-0.39, 0.29) is 5.33 Å². The SMILES string of the molecule is O=C(O)C(=NO)C(=O)CBr. The first-order valence-corrected chi connectivity index (χ1v) is 3.30. The van der Waals surface area contributed by atoms with Crippen molar-refractivity contribution in [2.75, 3.05) is 5.33 Å². The molecular formula is C4H4BrNO4. The van der Waals surface area contributed by atoms with Gasteiger partial charge in [-0.05, 0) is 0 Å². The third-order valence-electron chi connectivity index (χ3n) is 0.688. The average molecular weight is 210 g/mol. The molecule has 0 rings (SSSR count). The third kappa shape index (κ3) is 2.14. The van der Waals surface area contributed by atoms with E-state index in [1.54, 1.807) is 0 Å². The zero-order valence-electron chi connectivity index (χ0n) is 4.74. The minimum Gasteiger partial charge on any atom is -0.476 e. The van der Waals surface area contributed by atoms with Gasteiger partial charge in [-0.15, -0.1) is 0 Å². The van der Waals surface area contributed by atoms with Gasteiger partial charge in [-0.25, -0.2) is 4.79 Å². The second-order valence-corrected chi connectivity index (χ2v) is 1.87. The summed E-state index contributed by atoms with van der Waals surface area (Å²) in [5.74, 6) is -2.30.